The van der Waals surface area contributed by atoms with E-state index in [0.717, 1.165) is 18.4 Å². The van der Waals surface area contributed by atoms with Crippen molar-refractivity contribution in [2.75, 3.05) is 12.4 Å². The largest absolute Gasteiger partial charge is 0.461 e. The summed E-state index contributed by atoms with van der Waals surface area (Å²) in [6, 6.07) is 1.91. The SMILES string of the molecule is CCOC(=O)c1c(C2CC2)ccn1N. The Kier molecular flexibility index (Phi) is 2.19. The van der Waals surface area contributed by atoms with E-state index in [1.807, 2.05) is 6.07 Å². The molecule has 0 aromatic carbocycles. The summed E-state index contributed by atoms with van der Waals surface area (Å²) in [5.74, 6) is 5.85. The molecule has 0 saturated heterocycles. The van der Waals surface area contributed by atoms with E-state index >= 15 is 0 Å². The molecule has 0 spiro atoms. The summed E-state index contributed by atoms with van der Waals surface area (Å²) in [4.78, 5) is 11.6. The molecule has 0 atom stereocenters. The number of hydrogen-bond acceptors (Lipinski definition) is 3. The van der Waals surface area contributed by atoms with Crippen molar-refractivity contribution < 1.29 is 9.53 Å². The molecule has 2 N–H and O–H groups in total. The Morgan fingerprint density at radius 2 is 2.43 bits per heavy atom. The maximum Gasteiger partial charge on any atom is 0.357 e. The van der Waals surface area contributed by atoms with Crippen LogP contribution in [-0.4, -0.2) is 17.3 Å². The molecule has 1 saturated carbocycles. The second-order valence-electron chi connectivity index (χ2n) is 3.52. The number of hydrogen-bond donors (Lipinski definition) is 1. The number of aromatic nitrogens is 1. The first-order valence-corrected chi connectivity index (χ1v) is 4.87. The number of nitrogen functional groups attached to an aromatic ring is 1. The van der Waals surface area contributed by atoms with Crippen molar-refractivity contribution in [3.05, 3.63) is 23.5 Å². The molecule has 1 aromatic rings. The maximum atomic E-state index is 11.6. The quantitative estimate of drug-likeness (QED) is 0.582. The van der Waals surface area contributed by atoms with Gasteiger partial charge in [-0.05, 0) is 37.3 Å². The molecule has 2 rings (SSSR count). The molecule has 1 aromatic heterocycles. The van der Waals surface area contributed by atoms with E-state index in [4.69, 9.17) is 10.6 Å². The molecule has 0 amide bonds. The van der Waals surface area contributed by atoms with Crippen LogP contribution in [0.15, 0.2) is 12.3 Å². The number of carbonyl (C=O) groups excluding carboxylic acids is 1. The minimum atomic E-state index is -0.318. The smallest absolute Gasteiger partial charge is 0.357 e. The Bertz CT molecular complexity index is 353. The van der Waals surface area contributed by atoms with Gasteiger partial charge in [0.15, 0.2) is 5.69 Å². The highest BCUT2D eigenvalue weighted by Crippen LogP contribution is 2.41. The molecule has 1 fully saturated rings. The number of carbonyl (C=O) groups is 1. The van der Waals surface area contributed by atoms with E-state index in [9.17, 15) is 4.79 Å². The van der Waals surface area contributed by atoms with Crippen LogP contribution in [-0.2, 0) is 4.74 Å². The fraction of sp³-hybridized carbons (Fsp3) is 0.500. The summed E-state index contributed by atoms with van der Waals surface area (Å²) in [6.45, 7) is 2.17. The molecular weight excluding hydrogens is 180 g/mol. The van der Waals surface area contributed by atoms with Crippen LogP contribution < -0.4 is 5.84 Å². The summed E-state index contributed by atoms with van der Waals surface area (Å²) >= 11 is 0. The van der Waals surface area contributed by atoms with Gasteiger partial charge in [-0.25, -0.2) is 4.79 Å². The molecule has 0 radical (unpaired) electrons. The molecular formula is C10H14N2O2. The second kappa shape index (κ2) is 3.36. The van der Waals surface area contributed by atoms with Gasteiger partial charge < -0.3 is 10.6 Å². The molecule has 0 bridgehead atoms. The lowest BCUT2D eigenvalue weighted by molar-refractivity contribution is 0.0515. The van der Waals surface area contributed by atoms with Gasteiger partial charge in [0.25, 0.3) is 0 Å². The number of ether oxygens (including phenoxy) is 1. The van der Waals surface area contributed by atoms with E-state index in [1.54, 1.807) is 13.1 Å². The first-order valence-electron chi connectivity index (χ1n) is 4.87. The molecule has 1 heterocycles. The normalized spacial score (nSPS) is 15.5. The third-order valence-corrected chi connectivity index (χ3v) is 2.43. The molecule has 1 aliphatic carbocycles. The molecule has 14 heavy (non-hydrogen) atoms. The van der Waals surface area contributed by atoms with E-state index in [-0.39, 0.29) is 5.97 Å². The number of esters is 1. The number of rotatable bonds is 3. The van der Waals surface area contributed by atoms with Gasteiger partial charge in [0.2, 0.25) is 0 Å². The van der Waals surface area contributed by atoms with Crippen molar-refractivity contribution in [3.63, 3.8) is 0 Å². The Labute approximate surface area is 82.6 Å². The molecule has 0 unspecified atom stereocenters. The molecule has 4 nitrogen and oxygen atoms in total. The third-order valence-electron chi connectivity index (χ3n) is 2.43. The first-order chi connectivity index (χ1) is 6.74. The van der Waals surface area contributed by atoms with Crippen molar-refractivity contribution in [1.29, 1.82) is 0 Å². The van der Waals surface area contributed by atoms with Gasteiger partial charge in [-0.15, -0.1) is 0 Å². The summed E-state index contributed by atoms with van der Waals surface area (Å²) < 4.78 is 6.30. The highest BCUT2D eigenvalue weighted by molar-refractivity contribution is 5.90. The molecule has 4 heteroatoms. The van der Waals surface area contributed by atoms with Gasteiger partial charge in [-0.3, -0.25) is 4.68 Å². The van der Waals surface area contributed by atoms with Crippen LogP contribution in [0.3, 0.4) is 0 Å². The van der Waals surface area contributed by atoms with Crippen molar-refractivity contribution in [1.82, 2.24) is 4.68 Å². The zero-order chi connectivity index (χ0) is 10.1. The van der Waals surface area contributed by atoms with E-state index < -0.39 is 0 Å². The van der Waals surface area contributed by atoms with Crippen LogP contribution in [0.5, 0.6) is 0 Å². The Morgan fingerprint density at radius 1 is 1.71 bits per heavy atom. The lowest BCUT2D eigenvalue weighted by Crippen LogP contribution is -2.18. The minimum absolute atomic E-state index is 0.318. The lowest BCUT2D eigenvalue weighted by Gasteiger charge is -2.05. The van der Waals surface area contributed by atoms with Crippen molar-refractivity contribution in [2.45, 2.75) is 25.7 Å². The van der Waals surface area contributed by atoms with Crippen LogP contribution >= 0.6 is 0 Å². The Hall–Kier alpha value is -1.45. The van der Waals surface area contributed by atoms with Gasteiger partial charge in [0.05, 0.1) is 6.61 Å². The zero-order valence-corrected chi connectivity index (χ0v) is 8.19. The van der Waals surface area contributed by atoms with E-state index in [0.29, 0.717) is 18.2 Å². The Morgan fingerprint density at radius 3 is 3.00 bits per heavy atom. The summed E-state index contributed by atoms with van der Waals surface area (Å²) in [5.41, 5.74) is 1.54. The predicted octanol–water partition coefficient (Wildman–Crippen LogP) is 1.26. The topological polar surface area (TPSA) is 57.2 Å². The average molecular weight is 194 g/mol. The fourth-order valence-corrected chi connectivity index (χ4v) is 1.61. The van der Waals surface area contributed by atoms with Crippen LogP contribution in [0.2, 0.25) is 0 Å². The highest BCUT2D eigenvalue weighted by Gasteiger charge is 2.30. The van der Waals surface area contributed by atoms with Crippen LogP contribution in [0.1, 0.15) is 41.7 Å². The van der Waals surface area contributed by atoms with Gasteiger partial charge in [-0.2, -0.15) is 0 Å². The van der Waals surface area contributed by atoms with Crippen molar-refractivity contribution in [3.8, 4) is 0 Å². The van der Waals surface area contributed by atoms with E-state index in [2.05, 4.69) is 0 Å². The Balaban J connectivity index is 2.29. The second-order valence-corrected chi connectivity index (χ2v) is 3.52. The fourth-order valence-electron chi connectivity index (χ4n) is 1.61. The van der Waals surface area contributed by atoms with Crippen molar-refractivity contribution in [2.24, 2.45) is 0 Å². The van der Waals surface area contributed by atoms with Crippen LogP contribution in [0, 0.1) is 0 Å². The highest BCUT2D eigenvalue weighted by atomic mass is 16.5. The summed E-state index contributed by atoms with van der Waals surface area (Å²) in [6.07, 6.45) is 4.01. The third kappa shape index (κ3) is 1.47. The molecule has 76 valence electrons. The van der Waals surface area contributed by atoms with Crippen molar-refractivity contribution >= 4 is 5.97 Å². The number of nitrogens with zero attached hydrogens (tertiary/aromatic N) is 1. The monoisotopic (exact) mass is 194 g/mol. The molecule has 0 aliphatic heterocycles. The first kappa shape index (κ1) is 9.12. The van der Waals surface area contributed by atoms with Gasteiger partial charge in [-0.1, -0.05) is 0 Å². The van der Waals surface area contributed by atoms with Gasteiger partial charge in [0, 0.05) is 6.20 Å². The zero-order valence-electron chi connectivity index (χ0n) is 8.19. The summed E-state index contributed by atoms with van der Waals surface area (Å²) in [5, 5.41) is 0. The van der Waals surface area contributed by atoms with Gasteiger partial charge in [0.1, 0.15) is 0 Å². The van der Waals surface area contributed by atoms with E-state index in [1.165, 1.54) is 4.68 Å². The predicted molar refractivity (Wildman–Crippen MR) is 52.5 cm³/mol. The molecule has 1 aliphatic rings. The standard InChI is InChI=1S/C10H14N2O2/c1-2-14-10(13)9-8(7-3-4-7)5-6-12(9)11/h5-7H,2-4,11H2,1H3. The average Bonchev–Trinajstić information content (AvgIpc) is 2.90. The van der Waals surface area contributed by atoms with Crippen LogP contribution in [0.25, 0.3) is 0 Å². The summed E-state index contributed by atoms with van der Waals surface area (Å²) in [7, 11) is 0. The maximum absolute atomic E-state index is 11.6. The van der Waals surface area contributed by atoms with Crippen LogP contribution in [0.4, 0.5) is 0 Å². The number of nitrogens with two attached hydrogens (primary N) is 1. The minimum Gasteiger partial charge on any atom is -0.461 e. The van der Waals surface area contributed by atoms with Gasteiger partial charge >= 0.3 is 5.97 Å². The lowest BCUT2D eigenvalue weighted by atomic mass is 10.1.